The number of nitrogens with one attached hydrogen (secondary N) is 1. The molecule has 200 valence electrons. The monoisotopic (exact) mass is 497 g/mol. The zero-order valence-electron chi connectivity index (χ0n) is 22.6. The molecule has 2 aromatic carbocycles. The molecular formula is C31H47NO4. The van der Waals surface area contributed by atoms with Crippen LogP contribution in [0.2, 0.25) is 0 Å². The van der Waals surface area contributed by atoms with Crippen molar-refractivity contribution >= 4 is 22.6 Å². The van der Waals surface area contributed by atoms with Crippen LogP contribution in [0.25, 0.3) is 10.8 Å². The second-order valence-corrected chi connectivity index (χ2v) is 9.98. The number of esters is 1. The van der Waals surface area contributed by atoms with Crippen LogP contribution in [0.4, 0.5) is 0 Å². The fraction of sp³-hybridized carbons (Fsp3) is 0.613. The SMILES string of the molecule is CCCCCCCCCCCCCCCCCCNC(=O)c1ccc2cc(O)c(C(=O)OC)cc2c1. The number of unbranched alkanes of at least 4 members (excludes halogenated alkanes) is 15. The van der Waals surface area contributed by atoms with Gasteiger partial charge in [0.15, 0.2) is 0 Å². The molecule has 0 saturated carbocycles. The molecule has 0 bridgehead atoms. The van der Waals surface area contributed by atoms with Crippen molar-refractivity contribution in [2.24, 2.45) is 0 Å². The van der Waals surface area contributed by atoms with Crippen LogP contribution in [0.15, 0.2) is 30.3 Å². The Morgan fingerprint density at radius 2 is 1.25 bits per heavy atom. The fourth-order valence-electron chi connectivity index (χ4n) is 4.68. The predicted molar refractivity (Wildman–Crippen MR) is 149 cm³/mol. The summed E-state index contributed by atoms with van der Waals surface area (Å²) in [7, 11) is 1.27. The number of fused-ring (bicyclic) bond motifs is 1. The van der Waals surface area contributed by atoms with Crippen molar-refractivity contribution in [1.82, 2.24) is 5.32 Å². The van der Waals surface area contributed by atoms with Crippen LogP contribution in [-0.4, -0.2) is 30.6 Å². The van der Waals surface area contributed by atoms with E-state index in [9.17, 15) is 14.7 Å². The first-order valence-corrected chi connectivity index (χ1v) is 14.2. The number of aromatic hydroxyl groups is 1. The van der Waals surface area contributed by atoms with E-state index in [1.54, 1.807) is 24.3 Å². The second-order valence-electron chi connectivity index (χ2n) is 9.98. The lowest BCUT2D eigenvalue weighted by atomic mass is 10.0. The predicted octanol–water partition coefficient (Wildman–Crippen LogP) is 8.32. The molecule has 0 aliphatic rings. The number of phenolic OH excluding ortho intramolecular Hbond substituents is 1. The van der Waals surface area contributed by atoms with Gasteiger partial charge in [0.25, 0.3) is 5.91 Å². The Bertz CT molecular complexity index is 924. The van der Waals surface area contributed by atoms with Crippen molar-refractivity contribution in [2.45, 2.75) is 110 Å². The number of methoxy groups -OCH3 is 1. The molecule has 0 fully saturated rings. The molecule has 2 rings (SSSR count). The lowest BCUT2D eigenvalue weighted by Crippen LogP contribution is -2.24. The molecule has 5 heteroatoms. The molecule has 0 spiro atoms. The van der Waals surface area contributed by atoms with Gasteiger partial charge in [-0.05, 0) is 41.5 Å². The standard InChI is InChI=1S/C31H47NO4/c1-3-4-5-6-7-8-9-10-11-12-13-14-15-16-17-18-21-32-30(34)26-20-19-25-24-29(33)28(31(35)36-2)23-27(25)22-26/h19-20,22-24,33H,3-18,21H2,1-2H3,(H,32,34). The molecule has 0 unspecified atom stereocenters. The quantitative estimate of drug-likeness (QED) is 0.151. The molecule has 0 heterocycles. The molecule has 1 amide bonds. The first-order valence-electron chi connectivity index (χ1n) is 14.2. The van der Waals surface area contributed by atoms with Crippen LogP contribution >= 0.6 is 0 Å². The zero-order chi connectivity index (χ0) is 26.0. The molecule has 0 aliphatic heterocycles. The van der Waals surface area contributed by atoms with Crippen molar-refractivity contribution in [3.05, 3.63) is 41.5 Å². The third-order valence-electron chi connectivity index (χ3n) is 6.94. The summed E-state index contributed by atoms with van der Waals surface area (Å²) in [5.41, 5.74) is 0.635. The van der Waals surface area contributed by atoms with E-state index >= 15 is 0 Å². The zero-order valence-corrected chi connectivity index (χ0v) is 22.6. The number of benzene rings is 2. The van der Waals surface area contributed by atoms with Gasteiger partial charge in [-0.25, -0.2) is 4.79 Å². The highest BCUT2D eigenvalue weighted by Gasteiger charge is 2.14. The molecule has 0 aromatic heterocycles. The first-order chi connectivity index (χ1) is 17.6. The van der Waals surface area contributed by atoms with Crippen LogP contribution in [0.5, 0.6) is 5.75 Å². The molecular weight excluding hydrogens is 450 g/mol. The minimum atomic E-state index is -0.604. The van der Waals surface area contributed by atoms with Gasteiger partial charge < -0.3 is 15.2 Å². The van der Waals surface area contributed by atoms with Crippen molar-refractivity contribution in [2.75, 3.05) is 13.7 Å². The number of carbonyl (C=O) groups is 2. The van der Waals surface area contributed by atoms with Gasteiger partial charge in [0.2, 0.25) is 0 Å². The van der Waals surface area contributed by atoms with E-state index in [4.69, 9.17) is 4.74 Å². The van der Waals surface area contributed by atoms with Crippen LogP contribution in [0, 0.1) is 0 Å². The number of rotatable bonds is 19. The average Bonchev–Trinajstić information content (AvgIpc) is 2.89. The van der Waals surface area contributed by atoms with Gasteiger partial charge in [0.05, 0.1) is 7.11 Å². The summed E-state index contributed by atoms with van der Waals surface area (Å²) in [5, 5.41) is 14.5. The number of ether oxygens (including phenoxy) is 1. The normalized spacial score (nSPS) is 11.1. The Balaban J connectivity index is 1.52. The van der Waals surface area contributed by atoms with E-state index in [-0.39, 0.29) is 17.2 Å². The number of hydrogen-bond donors (Lipinski definition) is 2. The van der Waals surface area contributed by atoms with Gasteiger partial charge in [-0.3, -0.25) is 4.79 Å². The van der Waals surface area contributed by atoms with E-state index in [0.29, 0.717) is 17.5 Å². The maximum absolute atomic E-state index is 12.5. The Hall–Kier alpha value is -2.56. The Morgan fingerprint density at radius 3 is 1.78 bits per heavy atom. The minimum absolute atomic E-state index is 0.0933. The van der Waals surface area contributed by atoms with Crippen molar-refractivity contribution in [3.63, 3.8) is 0 Å². The van der Waals surface area contributed by atoms with Crippen LogP contribution in [0.1, 0.15) is 130 Å². The summed E-state index contributed by atoms with van der Waals surface area (Å²) in [5.74, 6) is -0.853. The number of amides is 1. The number of hydrogen-bond acceptors (Lipinski definition) is 4. The van der Waals surface area contributed by atoms with Gasteiger partial charge in [-0.1, -0.05) is 109 Å². The van der Waals surface area contributed by atoms with E-state index in [0.717, 1.165) is 18.2 Å². The van der Waals surface area contributed by atoms with Gasteiger partial charge >= 0.3 is 5.97 Å². The second kappa shape index (κ2) is 17.8. The lowest BCUT2D eigenvalue weighted by molar-refractivity contribution is 0.0597. The van der Waals surface area contributed by atoms with Crippen molar-refractivity contribution in [3.8, 4) is 5.75 Å². The highest BCUT2D eigenvalue weighted by atomic mass is 16.5. The summed E-state index contributed by atoms with van der Waals surface area (Å²) in [6, 6.07) is 8.33. The van der Waals surface area contributed by atoms with E-state index in [1.807, 2.05) is 0 Å². The third-order valence-corrected chi connectivity index (χ3v) is 6.94. The lowest BCUT2D eigenvalue weighted by Gasteiger charge is -2.08. The molecule has 0 saturated heterocycles. The van der Waals surface area contributed by atoms with Crippen molar-refractivity contribution in [1.29, 1.82) is 0 Å². The maximum atomic E-state index is 12.5. The van der Waals surface area contributed by atoms with Gasteiger partial charge in [-0.2, -0.15) is 0 Å². The van der Waals surface area contributed by atoms with Gasteiger partial charge in [0, 0.05) is 12.1 Å². The van der Waals surface area contributed by atoms with Crippen molar-refractivity contribution < 1.29 is 19.4 Å². The average molecular weight is 498 g/mol. The van der Waals surface area contributed by atoms with Crippen LogP contribution in [0.3, 0.4) is 0 Å². The first kappa shape index (κ1) is 29.7. The molecule has 2 aromatic rings. The minimum Gasteiger partial charge on any atom is -0.507 e. The van der Waals surface area contributed by atoms with E-state index < -0.39 is 5.97 Å². The molecule has 0 aliphatic carbocycles. The number of carbonyl (C=O) groups excluding carboxylic acids is 2. The largest absolute Gasteiger partial charge is 0.507 e. The third kappa shape index (κ3) is 11.0. The summed E-state index contributed by atoms with van der Waals surface area (Å²) in [6.45, 7) is 2.94. The molecule has 2 N–H and O–H groups in total. The molecule has 5 nitrogen and oxygen atoms in total. The highest BCUT2D eigenvalue weighted by molar-refractivity contribution is 6.02. The summed E-state index contributed by atoms with van der Waals surface area (Å²) >= 11 is 0. The fourth-order valence-corrected chi connectivity index (χ4v) is 4.68. The molecule has 0 atom stereocenters. The highest BCUT2D eigenvalue weighted by Crippen LogP contribution is 2.26. The molecule has 36 heavy (non-hydrogen) atoms. The Labute approximate surface area is 218 Å². The van der Waals surface area contributed by atoms with Crippen LogP contribution in [-0.2, 0) is 4.74 Å². The smallest absolute Gasteiger partial charge is 0.341 e. The molecule has 0 radical (unpaired) electrons. The Kier molecular flexibility index (Phi) is 14.7. The summed E-state index contributed by atoms with van der Waals surface area (Å²) in [4.78, 5) is 24.4. The summed E-state index contributed by atoms with van der Waals surface area (Å²) in [6.07, 6.45) is 21.3. The summed E-state index contributed by atoms with van der Waals surface area (Å²) < 4.78 is 4.71. The Morgan fingerprint density at radius 1 is 0.722 bits per heavy atom. The van der Waals surface area contributed by atoms with E-state index in [2.05, 4.69) is 12.2 Å². The van der Waals surface area contributed by atoms with E-state index in [1.165, 1.54) is 103 Å². The maximum Gasteiger partial charge on any atom is 0.341 e. The topological polar surface area (TPSA) is 75.6 Å². The van der Waals surface area contributed by atoms with Gasteiger partial charge in [0.1, 0.15) is 11.3 Å². The van der Waals surface area contributed by atoms with Crippen LogP contribution < -0.4 is 5.32 Å². The number of phenols is 1. The van der Waals surface area contributed by atoms with Gasteiger partial charge in [-0.15, -0.1) is 0 Å².